The van der Waals surface area contributed by atoms with Gasteiger partial charge in [0.1, 0.15) is 0 Å². The molecule has 6 nitrogen and oxygen atoms in total. The molecular formula is C14H16ClN5O. The number of hydrogen-bond donors (Lipinski definition) is 2. The van der Waals surface area contributed by atoms with Gasteiger partial charge in [0.15, 0.2) is 0 Å². The van der Waals surface area contributed by atoms with E-state index >= 15 is 0 Å². The third-order valence-electron chi connectivity index (χ3n) is 3.41. The molecule has 2 N–H and O–H groups in total. The van der Waals surface area contributed by atoms with Crippen LogP contribution in [0.3, 0.4) is 0 Å². The van der Waals surface area contributed by atoms with E-state index in [-0.39, 0.29) is 6.03 Å². The second-order valence-electron chi connectivity index (χ2n) is 4.99. The van der Waals surface area contributed by atoms with Crippen molar-refractivity contribution >= 4 is 23.3 Å². The lowest BCUT2D eigenvalue weighted by Gasteiger charge is -2.08. The molecule has 0 aliphatic heterocycles. The summed E-state index contributed by atoms with van der Waals surface area (Å²) in [6.07, 6.45) is 8.21. The molecule has 2 amide bonds. The third kappa shape index (κ3) is 3.52. The van der Waals surface area contributed by atoms with Gasteiger partial charge in [-0.25, -0.2) is 4.79 Å². The summed E-state index contributed by atoms with van der Waals surface area (Å²) in [4.78, 5) is 16.2. The van der Waals surface area contributed by atoms with Gasteiger partial charge in [-0.05, 0) is 30.9 Å². The number of rotatable bonds is 4. The molecule has 110 valence electrons. The van der Waals surface area contributed by atoms with Crippen LogP contribution in [-0.2, 0) is 19.4 Å². The van der Waals surface area contributed by atoms with Crippen LogP contribution in [0.4, 0.5) is 10.5 Å². The van der Waals surface area contributed by atoms with E-state index in [2.05, 4.69) is 20.7 Å². The highest BCUT2D eigenvalue weighted by Gasteiger charge is 2.13. The molecule has 0 unspecified atom stereocenters. The number of aryl methyl sites for hydroxylation is 2. The first-order valence-corrected chi connectivity index (χ1v) is 7.29. The number of nitrogens with zero attached hydrogens (tertiary/aromatic N) is 3. The molecule has 2 heterocycles. The number of urea groups is 1. The average Bonchev–Trinajstić information content (AvgIpc) is 3.07. The number of aromatic nitrogens is 3. The van der Waals surface area contributed by atoms with Gasteiger partial charge in [-0.3, -0.25) is 9.67 Å². The Hall–Kier alpha value is -2.08. The number of carbonyl (C=O) groups excluding carboxylic acids is 1. The number of amides is 2. The molecule has 3 rings (SSSR count). The van der Waals surface area contributed by atoms with Crippen molar-refractivity contribution in [3.8, 4) is 0 Å². The summed E-state index contributed by atoms with van der Waals surface area (Å²) in [5.41, 5.74) is 3.12. The van der Waals surface area contributed by atoms with Gasteiger partial charge in [0.25, 0.3) is 0 Å². The Morgan fingerprint density at radius 2 is 2.29 bits per heavy atom. The lowest BCUT2D eigenvalue weighted by atomic mass is 10.2. The van der Waals surface area contributed by atoms with Gasteiger partial charge in [-0.15, -0.1) is 0 Å². The molecule has 1 aliphatic rings. The summed E-state index contributed by atoms with van der Waals surface area (Å²) < 4.78 is 1.68. The monoisotopic (exact) mass is 305 g/mol. The summed E-state index contributed by atoms with van der Waals surface area (Å²) in [6, 6.07) is 1.76. The predicted molar refractivity (Wildman–Crippen MR) is 80.5 cm³/mol. The molecule has 0 aromatic carbocycles. The van der Waals surface area contributed by atoms with Crippen molar-refractivity contribution in [1.29, 1.82) is 0 Å². The lowest BCUT2D eigenvalue weighted by molar-refractivity contribution is 0.251. The normalized spacial score (nSPS) is 13.0. The Morgan fingerprint density at radius 3 is 3.10 bits per heavy atom. The number of halogens is 1. The van der Waals surface area contributed by atoms with Gasteiger partial charge in [0, 0.05) is 18.4 Å². The Balaban J connectivity index is 1.48. The second-order valence-corrected chi connectivity index (χ2v) is 5.42. The molecule has 2 aromatic heterocycles. The SMILES string of the molecule is O=C(NCCn1cc(Cl)cn1)Nc1cnc2c(c1)CCC2. The molecule has 0 bridgehead atoms. The molecule has 0 spiro atoms. The summed E-state index contributed by atoms with van der Waals surface area (Å²) in [5, 5.41) is 10.2. The van der Waals surface area contributed by atoms with E-state index in [1.807, 2.05) is 6.07 Å². The highest BCUT2D eigenvalue weighted by Crippen LogP contribution is 2.22. The fourth-order valence-corrected chi connectivity index (χ4v) is 2.57. The summed E-state index contributed by atoms with van der Waals surface area (Å²) in [5.74, 6) is 0. The second kappa shape index (κ2) is 6.13. The van der Waals surface area contributed by atoms with E-state index in [0.717, 1.165) is 30.6 Å². The topological polar surface area (TPSA) is 71.8 Å². The molecule has 21 heavy (non-hydrogen) atoms. The number of hydrogen-bond acceptors (Lipinski definition) is 3. The lowest BCUT2D eigenvalue weighted by Crippen LogP contribution is -2.31. The largest absolute Gasteiger partial charge is 0.336 e. The number of pyridine rings is 1. The molecule has 0 radical (unpaired) electrons. The maximum Gasteiger partial charge on any atom is 0.319 e. The zero-order chi connectivity index (χ0) is 14.7. The minimum Gasteiger partial charge on any atom is -0.336 e. The molecule has 2 aromatic rings. The minimum atomic E-state index is -0.243. The minimum absolute atomic E-state index is 0.243. The average molecular weight is 306 g/mol. The molecule has 1 aliphatic carbocycles. The van der Waals surface area contributed by atoms with Gasteiger partial charge in [0.2, 0.25) is 0 Å². The van der Waals surface area contributed by atoms with E-state index in [1.54, 1.807) is 23.3 Å². The summed E-state index contributed by atoms with van der Waals surface area (Å²) >= 11 is 5.77. The molecule has 0 saturated carbocycles. The zero-order valence-corrected chi connectivity index (χ0v) is 12.2. The Labute approximate surface area is 127 Å². The first kappa shape index (κ1) is 13.9. The fraction of sp³-hybridized carbons (Fsp3) is 0.357. The predicted octanol–water partition coefficient (Wildman–Crippen LogP) is 2.24. The van der Waals surface area contributed by atoms with E-state index in [0.29, 0.717) is 18.1 Å². The Kier molecular flexibility index (Phi) is 4.06. The van der Waals surface area contributed by atoms with Gasteiger partial charge >= 0.3 is 6.03 Å². The number of carbonyl (C=O) groups is 1. The number of fused-ring (bicyclic) bond motifs is 1. The summed E-state index contributed by atoms with van der Waals surface area (Å²) in [6.45, 7) is 1.05. The fourth-order valence-electron chi connectivity index (χ4n) is 2.41. The van der Waals surface area contributed by atoms with E-state index < -0.39 is 0 Å². The van der Waals surface area contributed by atoms with Crippen LogP contribution in [-0.4, -0.2) is 27.3 Å². The molecule has 0 atom stereocenters. The highest BCUT2D eigenvalue weighted by atomic mass is 35.5. The number of nitrogens with one attached hydrogen (secondary N) is 2. The van der Waals surface area contributed by atoms with E-state index in [9.17, 15) is 4.79 Å². The molecule has 7 heteroatoms. The van der Waals surface area contributed by atoms with Crippen LogP contribution in [0, 0.1) is 0 Å². The van der Waals surface area contributed by atoms with Crippen LogP contribution in [0.2, 0.25) is 5.02 Å². The van der Waals surface area contributed by atoms with E-state index in [4.69, 9.17) is 11.6 Å². The van der Waals surface area contributed by atoms with Crippen LogP contribution in [0.25, 0.3) is 0 Å². The van der Waals surface area contributed by atoms with Gasteiger partial charge < -0.3 is 10.6 Å². The van der Waals surface area contributed by atoms with Crippen LogP contribution in [0.5, 0.6) is 0 Å². The van der Waals surface area contributed by atoms with Crippen molar-refractivity contribution in [2.24, 2.45) is 0 Å². The maximum absolute atomic E-state index is 11.8. The third-order valence-corrected chi connectivity index (χ3v) is 3.60. The quantitative estimate of drug-likeness (QED) is 0.910. The van der Waals surface area contributed by atoms with Crippen LogP contribution < -0.4 is 10.6 Å². The molecule has 0 fully saturated rings. The van der Waals surface area contributed by atoms with Crippen molar-refractivity contribution in [1.82, 2.24) is 20.1 Å². The van der Waals surface area contributed by atoms with Gasteiger partial charge in [-0.2, -0.15) is 5.10 Å². The number of anilines is 1. The first-order valence-electron chi connectivity index (χ1n) is 6.91. The smallest absolute Gasteiger partial charge is 0.319 e. The van der Waals surface area contributed by atoms with Crippen LogP contribution in [0.15, 0.2) is 24.7 Å². The highest BCUT2D eigenvalue weighted by molar-refractivity contribution is 6.30. The van der Waals surface area contributed by atoms with Crippen LogP contribution >= 0.6 is 11.6 Å². The summed E-state index contributed by atoms with van der Waals surface area (Å²) in [7, 11) is 0. The van der Waals surface area contributed by atoms with Crippen molar-refractivity contribution in [2.45, 2.75) is 25.8 Å². The van der Waals surface area contributed by atoms with Crippen molar-refractivity contribution in [2.75, 3.05) is 11.9 Å². The molecular weight excluding hydrogens is 290 g/mol. The maximum atomic E-state index is 11.8. The first-order chi connectivity index (χ1) is 10.2. The standard InChI is InChI=1S/C14H16ClN5O/c15-11-7-18-20(9-11)5-4-16-14(21)19-12-6-10-2-1-3-13(10)17-8-12/h6-9H,1-5H2,(H2,16,19,21). The zero-order valence-electron chi connectivity index (χ0n) is 11.5. The van der Waals surface area contributed by atoms with Gasteiger partial charge in [0.05, 0.1) is 29.6 Å². The van der Waals surface area contributed by atoms with Crippen molar-refractivity contribution in [3.63, 3.8) is 0 Å². The Morgan fingerprint density at radius 1 is 1.38 bits per heavy atom. The Bertz CT molecular complexity index is 655. The van der Waals surface area contributed by atoms with Crippen molar-refractivity contribution in [3.05, 3.63) is 40.9 Å². The van der Waals surface area contributed by atoms with Gasteiger partial charge in [-0.1, -0.05) is 11.6 Å². The van der Waals surface area contributed by atoms with Crippen molar-refractivity contribution < 1.29 is 4.79 Å². The van der Waals surface area contributed by atoms with Crippen LogP contribution in [0.1, 0.15) is 17.7 Å². The van der Waals surface area contributed by atoms with E-state index in [1.165, 1.54) is 5.56 Å². The molecule has 0 saturated heterocycles.